The maximum atomic E-state index is 14.7. The van der Waals surface area contributed by atoms with Crippen molar-refractivity contribution in [3.8, 4) is 0 Å². The highest BCUT2D eigenvalue weighted by Crippen LogP contribution is 2.21. The first-order valence-corrected chi connectivity index (χ1v) is 31.1. The normalized spacial score (nSPS) is 17.9. The molecule has 2 heterocycles. The Morgan fingerprint density at radius 2 is 0.910 bits per heavy atom. The van der Waals surface area contributed by atoms with E-state index < -0.39 is 163 Å². The number of unbranched alkanes of at least 4 members (excludes halogenated alkanes) is 2. The number of aliphatic carboxylic acids is 3. The van der Waals surface area contributed by atoms with Gasteiger partial charge < -0.3 is 79.5 Å². The number of nitrogens with zero attached hydrogens (tertiary/aromatic N) is 1. The molecule has 0 saturated carbocycles. The molecule has 0 unspecified atom stereocenters. The summed E-state index contributed by atoms with van der Waals surface area (Å²) < 4.78 is 0. The molecule has 0 aromatic heterocycles. The van der Waals surface area contributed by atoms with Gasteiger partial charge in [0, 0.05) is 32.2 Å². The third kappa shape index (κ3) is 24.5. The van der Waals surface area contributed by atoms with Gasteiger partial charge in [0.15, 0.2) is 0 Å². The molecule has 2 fully saturated rings. The van der Waals surface area contributed by atoms with E-state index in [1.54, 1.807) is 88.4 Å². The molecule has 9 amide bonds. The Kier molecular flexibility index (Phi) is 31.7. The van der Waals surface area contributed by atoms with Gasteiger partial charge in [-0.05, 0) is 120 Å². The first-order chi connectivity index (χ1) is 42.5. The minimum Gasteiger partial charge on any atom is -0.481 e. The van der Waals surface area contributed by atoms with E-state index in [4.69, 9.17) is 11.5 Å². The second-order valence-electron chi connectivity index (χ2n) is 23.1. The lowest BCUT2D eigenvalue weighted by Gasteiger charge is -2.31. The van der Waals surface area contributed by atoms with Gasteiger partial charge in [0.25, 0.3) is 0 Å². The first kappa shape index (κ1) is 73.4. The Morgan fingerprint density at radius 3 is 1.36 bits per heavy atom. The summed E-state index contributed by atoms with van der Waals surface area (Å²) >= 11 is 0. The van der Waals surface area contributed by atoms with Crippen LogP contribution in [0.5, 0.6) is 0 Å². The summed E-state index contributed by atoms with van der Waals surface area (Å²) in [5, 5.41) is 54.0. The number of rotatable bonds is 40. The van der Waals surface area contributed by atoms with Crippen LogP contribution in [-0.2, 0) is 70.4 Å². The summed E-state index contributed by atoms with van der Waals surface area (Å²) in [6.07, 6.45) is 2.28. The number of hydrogen-bond donors (Lipinski definition) is 14. The quantitative estimate of drug-likeness (QED) is 0.0398. The van der Waals surface area contributed by atoms with Gasteiger partial charge in [-0.25, -0.2) is 4.79 Å². The molecule has 0 aliphatic carbocycles. The number of hydrogen-bond acceptors (Lipinski definition) is 15. The molecule has 4 rings (SSSR count). The Bertz CT molecular complexity index is 2680. The second-order valence-corrected chi connectivity index (χ2v) is 23.1. The zero-order chi connectivity index (χ0) is 65.6. The summed E-state index contributed by atoms with van der Waals surface area (Å²) in [5.74, 6) is -12.2. The van der Waals surface area contributed by atoms with Crippen LogP contribution in [0.25, 0.3) is 0 Å². The van der Waals surface area contributed by atoms with Gasteiger partial charge >= 0.3 is 17.9 Å². The van der Waals surface area contributed by atoms with E-state index in [0.29, 0.717) is 69.2 Å². The fourth-order valence-corrected chi connectivity index (χ4v) is 10.6. The predicted molar refractivity (Wildman–Crippen MR) is 328 cm³/mol. The van der Waals surface area contributed by atoms with Crippen molar-refractivity contribution in [2.24, 2.45) is 23.3 Å². The number of carbonyl (C=O) groups is 12. The molecule has 0 radical (unpaired) electrons. The summed E-state index contributed by atoms with van der Waals surface area (Å²) in [5.41, 5.74) is 12.8. The summed E-state index contributed by atoms with van der Waals surface area (Å²) in [7, 11) is 0. The zero-order valence-electron chi connectivity index (χ0n) is 51.6. The van der Waals surface area contributed by atoms with Crippen molar-refractivity contribution >= 4 is 71.1 Å². The average Bonchev–Trinajstić information content (AvgIpc) is 3.85. The van der Waals surface area contributed by atoms with Crippen LogP contribution in [0.1, 0.15) is 142 Å². The molecule has 27 nitrogen and oxygen atoms in total. The van der Waals surface area contributed by atoms with Crippen molar-refractivity contribution in [3.63, 3.8) is 0 Å². The topological polar surface area (TPSA) is 429 Å². The van der Waals surface area contributed by atoms with Crippen molar-refractivity contribution in [3.05, 3.63) is 71.8 Å². The lowest BCUT2D eigenvalue weighted by atomic mass is 9.94. The molecule has 27 heteroatoms. The Morgan fingerprint density at radius 1 is 0.506 bits per heavy atom. The van der Waals surface area contributed by atoms with Gasteiger partial charge in [0.05, 0.1) is 6.04 Å². The number of likely N-dealkylation sites (tertiary alicyclic amines) is 1. The number of nitrogens with two attached hydrogens (primary N) is 2. The van der Waals surface area contributed by atoms with Crippen molar-refractivity contribution in [2.75, 3.05) is 26.2 Å². The van der Waals surface area contributed by atoms with Gasteiger partial charge in [-0.15, -0.1) is 0 Å². The number of carbonyl (C=O) groups excluding carboxylic acids is 9. The molecule has 2 aliphatic heterocycles. The smallest absolute Gasteiger partial charge is 0.326 e. The van der Waals surface area contributed by atoms with E-state index in [9.17, 15) is 72.9 Å². The van der Waals surface area contributed by atoms with Gasteiger partial charge in [-0.2, -0.15) is 0 Å². The van der Waals surface area contributed by atoms with E-state index >= 15 is 0 Å². The highest BCUT2D eigenvalue weighted by atomic mass is 16.4. The molecular weight excluding hydrogens is 1150 g/mol. The highest BCUT2D eigenvalue weighted by molar-refractivity contribution is 5.99. The van der Waals surface area contributed by atoms with E-state index in [2.05, 4.69) is 47.9 Å². The van der Waals surface area contributed by atoms with E-state index in [1.807, 2.05) is 0 Å². The van der Waals surface area contributed by atoms with Crippen LogP contribution in [0.2, 0.25) is 0 Å². The molecule has 2 saturated heterocycles. The number of carboxylic acid groups (broad SMARTS) is 3. The van der Waals surface area contributed by atoms with Crippen LogP contribution in [0.3, 0.4) is 0 Å². The molecular formula is C62H94N12O15. The maximum absolute atomic E-state index is 14.7. The lowest BCUT2D eigenvalue weighted by molar-refractivity contribution is -0.150. The Labute approximate surface area is 519 Å². The third-order valence-corrected chi connectivity index (χ3v) is 16.3. The summed E-state index contributed by atoms with van der Waals surface area (Å²) in [6, 6.07) is 4.47. The Hall–Kier alpha value is -8.04. The highest BCUT2D eigenvalue weighted by Gasteiger charge is 2.41. The predicted octanol–water partition coefficient (Wildman–Crippen LogP) is 0.258. The molecule has 2 aromatic rings. The average molecular weight is 1250 g/mol. The fraction of sp³-hybridized carbons (Fsp3) is 0.613. The van der Waals surface area contributed by atoms with E-state index in [0.717, 1.165) is 11.3 Å². The molecule has 0 bridgehead atoms. The SMILES string of the molecule is CC[C@H](C)[C@H](NC(=O)[C@H](CCCCN)NC(=O)[C@H](Cc1ccccc1)NC(=O)[C@H](CCCCN)NC(=O)[C@@H]1CCCN1)C(=O)N[C@H](C(=O)N[C@@H](CCC(=O)O)C(=O)N[C@@H](Cc1ccccc1)C(=O)N[C@@H](CCC(=O)O)C(=O)N1CCC[C@H]1C(=O)O)[C@@H](C)CC. The molecule has 89 heavy (non-hydrogen) atoms. The van der Waals surface area contributed by atoms with Crippen molar-refractivity contribution < 1.29 is 72.9 Å². The molecule has 12 atom stereocenters. The fourth-order valence-electron chi connectivity index (χ4n) is 10.6. The standard InChI is InChI=1S/C62H94N12O15/c1-5-37(3)51(59(85)68-44(27-29-49(75)76)55(81)71-47(36-40-21-11-8-12-22-40)58(84)69-45(28-30-50(77)78)61(87)74-34-18-26-48(74)62(88)89)73-60(86)52(38(4)6-2)72-56(82)43(24-14-16-32-64)67-57(83)46(35-39-19-9-7-10-20-39)70-54(80)42(23-13-15-31-63)66-53(79)41-25-17-33-65-41/h7-12,19-22,37-38,41-48,51-52,65H,5-6,13-18,23-36,63-64H2,1-4H3,(H,66,79)(H,67,83)(H,68,85)(H,69,84)(H,70,80)(H,71,81)(H,72,82)(H,73,86)(H,75,76)(H,77,78)(H,88,89)/t37-,38-,41-,42-,43-,44-,45-,46-,47-,48-,51-,52-/m0/s1. The molecule has 0 spiro atoms. The number of carboxylic acids is 3. The first-order valence-electron chi connectivity index (χ1n) is 31.1. The summed E-state index contributed by atoms with van der Waals surface area (Å²) in [6.45, 7) is 8.16. The van der Waals surface area contributed by atoms with Crippen LogP contribution in [0.4, 0.5) is 0 Å². The lowest BCUT2D eigenvalue weighted by Crippen LogP contribution is -2.62. The minimum atomic E-state index is -1.66. The molecule has 492 valence electrons. The monoisotopic (exact) mass is 1250 g/mol. The molecule has 2 aromatic carbocycles. The van der Waals surface area contributed by atoms with Gasteiger partial charge in [0.2, 0.25) is 53.2 Å². The Balaban J connectivity index is 1.61. The number of benzene rings is 2. The van der Waals surface area contributed by atoms with Crippen LogP contribution < -0.4 is 59.3 Å². The maximum Gasteiger partial charge on any atom is 0.326 e. The second kappa shape index (κ2) is 38.4. The zero-order valence-corrected chi connectivity index (χ0v) is 51.6. The molecule has 2 aliphatic rings. The van der Waals surface area contributed by atoms with Crippen LogP contribution in [0, 0.1) is 11.8 Å². The minimum absolute atomic E-state index is 0.00177. The van der Waals surface area contributed by atoms with E-state index in [1.165, 1.54) is 0 Å². The van der Waals surface area contributed by atoms with Gasteiger partial charge in [-0.3, -0.25) is 52.7 Å². The van der Waals surface area contributed by atoms with Crippen LogP contribution >= 0.6 is 0 Å². The van der Waals surface area contributed by atoms with Gasteiger partial charge in [-0.1, -0.05) is 101 Å². The largest absolute Gasteiger partial charge is 0.481 e. The van der Waals surface area contributed by atoms with Crippen molar-refractivity contribution in [1.82, 2.24) is 52.8 Å². The van der Waals surface area contributed by atoms with Crippen molar-refractivity contribution in [2.45, 2.75) is 204 Å². The number of amides is 9. The van der Waals surface area contributed by atoms with Crippen LogP contribution in [0.15, 0.2) is 60.7 Å². The summed E-state index contributed by atoms with van der Waals surface area (Å²) in [4.78, 5) is 165. The van der Waals surface area contributed by atoms with Gasteiger partial charge in [0.1, 0.15) is 54.4 Å². The third-order valence-electron chi connectivity index (χ3n) is 16.3. The number of nitrogens with one attached hydrogen (secondary N) is 9. The van der Waals surface area contributed by atoms with Crippen LogP contribution in [-0.4, -0.2) is 178 Å². The van der Waals surface area contributed by atoms with Crippen molar-refractivity contribution in [1.29, 1.82) is 0 Å². The van der Waals surface area contributed by atoms with E-state index in [-0.39, 0.29) is 57.5 Å². The molecule has 16 N–H and O–H groups in total.